The van der Waals surface area contributed by atoms with Gasteiger partial charge in [-0.05, 0) is 35.3 Å². The Morgan fingerprint density at radius 3 is 2.90 bits per heavy atom. The summed E-state index contributed by atoms with van der Waals surface area (Å²) >= 11 is 0. The average Bonchev–Trinajstić information content (AvgIpc) is 2.56. The first-order chi connectivity index (χ1) is 9.86. The quantitative estimate of drug-likeness (QED) is 0.844. The van der Waals surface area contributed by atoms with Crippen molar-refractivity contribution in [3.63, 3.8) is 0 Å². The van der Waals surface area contributed by atoms with Crippen molar-refractivity contribution in [1.82, 2.24) is 15.3 Å². The number of pyridine rings is 2. The molecule has 2 aromatic heterocycles. The smallest absolute Gasteiger partial charge is 0.112 e. The Balaban J connectivity index is 1.81. The zero-order valence-electron chi connectivity index (χ0n) is 11.1. The minimum absolute atomic E-state index is 0.302. The summed E-state index contributed by atoms with van der Waals surface area (Å²) in [5, 5.41) is 3.49. The van der Waals surface area contributed by atoms with Crippen LogP contribution in [0.25, 0.3) is 5.57 Å². The van der Waals surface area contributed by atoms with Gasteiger partial charge in [0, 0.05) is 31.2 Å². The molecule has 0 spiro atoms. The lowest BCUT2D eigenvalue weighted by Crippen LogP contribution is -2.25. The zero-order chi connectivity index (χ0) is 13.8. The highest BCUT2D eigenvalue weighted by atomic mass is 14.9. The van der Waals surface area contributed by atoms with Gasteiger partial charge in [-0.1, -0.05) is 24.1 Å². The Morgan fingerprint density at radius 2 is 2.20 bits per heavy atom. The standard InChI is InChI=1S/C17H15N3/c1-2-16-6-5-14(12-20-16)13-7-9-19-17(10-13)15-4-3-8-18-11-15/h1,3-8,11-12,17,19H,9-10H2. The lowest BCUT2D eigenvalue weighted by Gasteiger charge is -2.24. The summed E-state index contributed by atoms with van der Waals surface area (Å²) in [5.41, 5.74) is 4.33. The van der Waals surface area contributed by atoms with Crippen LogP contribution in [-0.2, 0) is 0 Å². The topological polar surface area (TPSA) is 37.8 Å². The van der Waals surface area contributed by atoms with Crippen molar-refractivity contribution in [2.24, 2.45) is 0 Å². The SMILES string of the molecule is C#Cc1ccc(C2=CCNC(c3cccnc3)C2)cn1. The summed E-state index contributed by atoms with van der Waals surface area (Å²) in [7, 11) is 0. The van der Waals surface area contributed by atoms with Crippen molar-refractivity contribution < 1.29 is 0 Å². The van der Waals surface area contributed by atoms with Gasteiger partial charge in [0.05, 0.1) is 0 Å². The largest absolute Gasteiger partial charge is 0.306 e. The van der Waals surface area contributed by atoms with E-state index in [4.69, 9.17) is 6.42 Å². The van der Waals surface area contributed by atoms with Gasteiger partial charge in [0.15, 0.2) is 0 Å². The molecule has 0 radical (unpaired) electrons. The molecular weight excluding hydrogens is 246 g/mol. The van der Waals surface area contributed by atoms with Gasteiger partial charge in [-0.15, -0.1) is 6.42 Å². The zero-order valence-corrected chi connectivity index (χ0v) is 11.1. The molecule has 1 atom stereocenters. The molecule has 1 aliphatic heterocycles. The van der Waals surface area contributed by atoms with E-state index in [2.05, 4.69) is 33.3 Å². The molecule has 0 saturated heterocycles. The van der Waals surface area contributed by atoms with E-state index < -0.39 is 0 Å². The molecule has 3 nitrogen and oxygen atoms in total. The fourth-order valence-electron chi connectivity index (χ4n) is 2.42. The summed E-state index contributed by atoms with van der Waals surface area (Å²) in [4.78, 5) is 8.45. The van der Waals surface area contributed by atoms with Crippen molar-refractivity contribution in [1.29, 1.82) is 0 Å². The average molecular weight is 261 g/mol. The molecule has 0 bridgehead atoms. The summed E-state index contributed by atoms with van der Waals surface area (Å²) in [6.45, 7) is 0.853. The third-order valence-corrected chi connectivity index (χ3v) is 3.51. The highest BCUT2D eigenvalue weighted by molar-refractivity contribution is 5.67. The van der Waals surface area contributed by atoms with Gasteiger partial charge in [-0.3, -0.25) is 4.98 Å². The van der Waals surface area contributed by atoms with Crippen LogP contribution in [0.2, 0.25) is 0 Å². The third kappa shape index (κ3) is 2.61. The molecule has 0 aliphatic carbocycles. The van der Waals surface area contributed by atoms with E-state index in [1.54, 1.807) is 6.20 Å². The second kappa shape index (κ2) is 5.68. The van der Waals surface area contributed by atoms with Crippen molar-refractivity contribution in [2.45, 2.75) is 12.5 Å². The Morgan fingerprint density at radius 1 is 1.25 bits per heavy atom. The molecule has 0 saturated carbocycles. The van der Waals surface area contributed by atoms with Gasteiger partial charge < -0.3 is 5.32 Å². The predicted octanol–water partition coefficient (Wildman–Crippen LogP) is 2.58. The minimum Gasteiger partial charge on any atom is -0.306 e. The Labute approximate surface area is 118 Å². The molecular formula is C17H15N3. The van der Waals surface area contributed by atoms with Crippen LogP contribution in [-0.4, -0.2) is 16.5 Å². The summed E-state index contributed by atoms with van der Waals surface area (Å²) < 4.78 is 0. The van der Waals surface area contributed by atoms with Crippen LogP contribution in [0.4, 0.5) is 0 Å². The van der Waals surface area contributed by atoms with Gasteiger partial charge in [0.1, 0.15) is 5.69 Å². The molecule has 0 fully saturated rings. The summed E-state index contributed by atoms with van der Waals surface area (Å²) in [5.74, 6) is 2.54. The summed E-state index contributed by atoms with van der Waals surface area (Å²) in [6.07, 6.45) is 14.0. The number of nitrogens with one attached hydrogen (secondary N) is 1. The maximum Gasteiger partial charge on any atom is 0.112 e. The molecule has 2 aromatic rings. The normalized spacial score (nSPS) is 18.1. The molecule has 3 rings (SSSR count). The lowest BCUT2D eigenvalue weighted by molar-refractivity contribution is 0.562. The Bertz CT molecular complexity index is 651. The molecule has 1 aliphatic rings. The minimum atomic E-state index is 0.302. The van der Waals surface area contributed by atoms with Crippen molar-refractivity contribution in [3.05, 3.63) is 65.8 Å². The van der Waals surface area contributed by atoms with E-state index in [-0.39, 0.29) is 0 Å². The van der Waals surface area contributed by atoms with Gasteiger partial charge in [-0.2, -0.15) is 0 Å². The van der Waals surface area contributed by atoms with Crippen LogP contribution in [0.5, 0.6) is 0 Å². The second-order valence-electron chi connectivity index (χ2n) is 4.76. The number of hydrogen-bond acceptors (Lipinski definition) is 3. The van der Waals surface area contributed by atoms with Crippen molar-refractivity contribution in [3.8, 4) is 12.3 Å². The maximum absolute atomic E-state index is 5.33. The molecule has 3 heteroatoms. The van der Waals surface area contributed by atoms with E-state index in [0.29, 0.717) is 11.7 Å². The van der Waals surface area contributed by atoms with Crippen LogP contribution in [0.3, 0.4) is 0 Å². The number of nitrogens with zero attached hydrogens (tertiary/aromatic N) is 2. The van der Waals surface area contributed by atoms with Crippen LogP contribution < -0.4 is 5.32 Å². The first-order valence-electron chi connectivity index (χ1n) is 6.62. The molecule has 20 heavy (non-hydrogen) atoms. The van der Waals surface area contributed by atoms with Gasteiger partial charge >= 0.3 is 0 Å². The highest BCUT2D eigenvalue weighted by Gasteiger charge is 2.17. The molecule has 3 heterocycles. The molecule has 0 aromatic carbocycles. The maximum atomic E-state index is 5.33. The van der Waals surface area contributed by atoms with Crippen molar-refractivity contribution in [2.75, 3.05) is 6.54 Å². The van der Waals surface area contributed by atoms with Crippen LogP contribution in [0.15, 0.2) is 48.9 Å². The van der Waals surface area contributed by atoms with E-state index in [1.165, 1.54) is 11.1 Å². The lowest BCUT2D eigenvalue weighted by atomic mass is 9.93. The number of terminal acetylenes is 1. The fraction of sp³-hybridized carbons (Fsp3) is 0.176. The van der Waals surface area contributed by atoms with E-state index in [1.807, 2.05) is 30.6 Å². The monoisotopic (exact) mass is 261 g/mol. The number of rotatable bonds is 2. The third-order valence-electron chi connectivity index (χ3n) is 3.51. The van der Waals surface area contributed by atoms with Crippen molar-refractivity contribution >= 4 is 5.57 Å². The van der Waals surface area contributed by atoms with Crippen LogP contribution in [0, 0.1) is 12.3 Å². The Hall–Kier alpha value is -2.44. The predicted molar refractivity (Wildman–Crippen MR) is 79.7 cm³/mol. The molecule has 1 N–H and O–H groups in total. The van der Waals surface area contributed by atoms with Crippen LogP contribution in [0.1, 0.15) is 29.3 Å². The fourth-order valence-corrected chi connectivity index (χ4v) is 2.42. The molecule has 98 valence electrons. The number of aromatic nitrogens is 2. The van der Waals surface area contributed by atoms with Gasteiger partial charge in [0.25, 0.3) is 0 Å². The van der Waals surface area contributed by atoms with Gasteiger partial charge in [0.2, 0.25) is 0 Å². The first kappa shape index (κ1) is 12.6. The van der Waals surface area contributed by atoms with Gasteiger partial charge in [-0.25, -0.2) is 4.98 Å². The molecule has 1 unspecified atom stereocenters. The Kier molecular flexibility index (Phi) is 3.58. The first-order valence-corrected chi connectivity index (χ1v) is 6.62. The number of hydrogen-bond donors (Lipinski definition) is 1. The van der Waals surface area contributed by atoms with E-state index in [0.717, 1.165) is 18.5 Å². The van der Waals surface area contributed by atoms with E-state index >= 15 is 0 Å². The van der Waals surface area contributed by atoms with E-state index in [9.17, 15) is 0 Å². The summed E-state index contributed by atoms with van der Waals surface area (Å²) in [6, 6.07) is 8.30. The van der Waals surface area contributed by atoms with Crippen LogP contribution >= 0.6 is 0 Å². The molecule has 0 amide bonds. The highest BCUT2D eigenvalue weighted by Crippen LogP contribution is 2.29. The second-order valence-corrected chi connectivity index (χ2v) is 4.76.